The number of H-pyrrole nitrogens is 1. The van der Waals surface area contributed by atoms with Crippen molar-refractivity contribution in [3.05, 3.63) is 52.3 Å². The highest BCUT2D eigenvalue weighted by atomic mass is 19.1. The molecule has 0 saturated carbocycles. The number of nitrogens with one attached hydrogen (secondary N) is 1. The molecule has 1 heterocycles. The Kier molecular flexibility index (Phi) is 3.05. The van der Waals surface area contributed by atoms with Gasteiger partial charge in [0.2, 0.25) is 5.88 Å². The zero-order valence-electron chi connectivity index (χ0n) is 8.88. The van der Waals surface area contributed by atoms with E-state index in [-0.39, 0.29) is 17.2 Å². The van der Waals surface area contributed by atoms with Gasteiger partial charge in [-0.1, -0.05) is 0 Å². The molecule has 2 rings (SSSR count). The smallest absolute Gasteiger partial charge is 0.339 e. The number of carbonyl (C=O) groups is 1. The summed E-state index contributed by atoms with van der Waals surface area (Å²) < 4.78 is 18.0. The Labute approximate surface area is 99.7 Å². The molecule has 1 aromatic heterocycles. The normalized spacial score (nSPS) is 10.1. The number of halogens is 1. The lowest BCUT2D eigenvalue weighted by atomic mass is 10.2. The molecule has 0 radical (unpaired) electrons. The van der Waals surface area contributed by atoms with Crippen LogP contribution >= 0.6 is 0 Å². The number of benzene rings is 1. The molecule has 0 bridgehead atoms. The van der Waals surface area contributed by atoms with E-state index in [0.717, 1.165) is 30.6 Å². The van der Waals surface area contributed by atoms with Gasteiger partial charge >= 0.3 is 5.97 Å². The summed E-state index contributed by atoms with van der Waals surface area (Å²) in [5, 5.41) is 8.89. The standard InChI is InChI=1S/C11H7FN2O4/c12-6-1-2-8(7(3-6)11(16)17)18-10-4-9(15)13-5-14-10/h1-5H,(H,16,17)(H,13,14,15). The lowest BCUT2D eigenvalue weighted by molar-refractivity contribution is 0.0693. The molecular weight excluding hydrogens is 243 g/mol. The van der Waals surface area contributed by atoms with Crippen molar-refractivity contribution in [1.29, 1.82) is 0 Å². The van der Waals surface area contributed by atoms with Gasteiger partial charge in [0, 0.05) is 0 Å². The van der Waals surface area contributed by atoms with Crippen LogP contribution in [0.5, 0.6) is 11.6 Å². The molecule has 6 nitrogen and oxygen atoms in total. The molecule has 0 amide bonds. The van der Waals surface area contributed by atoms with Crippen LogP contribution in [0.1, 0.15) is 10.4 Å². The van der Waals surface area contributed by atoms with E-state index in [2.05, 4.69) is 9.97 Å². The van der Waals surface area contributed by atoms with Gasteiger partial charge < -0.3 is 14.8 Å². The Morgan fingerprint density at radius 1 is 1.39 bits per heavy atom. The van der Waals surface area contributed by atoms with Gasteiger partial charge in [0.1, 0.15) is 17.1 Å². The van der Waals surface area contributed by atoms with E-state index < -0.39 is 17.3 Å². The van der Waals surface area contributed by atoms with Crippen LogP contribution in [0.15, 0.2) is 35.4 Å². The summed E-state index contributed by atoms with van der Waals surface area (Å²) in [6.45, 7) is 0. The highest BCUT2D eigenvalue weighted by molar-refractivity contribution is 5.90. The van der Waals surface area contributed by atoms with E-state index in [4.69, 9.17) is 9.84 Å². The molecule has 1 aromatic carbocycles. The molecule has 0 aliphatic carbocycles. The van der Waals surface area contributed by atoms with Crippen molar-refractivity contribution < 1.29 is 19.0 Å². The molecule has 0 spiro atoms. The van der Waals surface area contributed by atoms with Crippen molar-refractivity contribution >= 4 is 5.97 Å². The molecule has 0 unspecified atom stereocenters. The lowest BCUT2D eigenvalue weighted by Crippen LogP contribution is -2.06. The third-order valence-corrected chi connectivity index (χ3v) is 2.04. The van der Waals surface area contributed by atoms with Gasteiger partial charge in [-0.05, 0) is 18.2 Å². The van der Waals surface area contributed by atoms with Gasteiger partial charge in [0.05, 0.1) is 12.4 Å². The van der Waals surface area contributed by atoms with Crippen LogP contribution in [0.25, 0.3) is 0 Å². The third kappa shape index (κ3) is 2.51. The molecule has 0 atom stereocenters. The fraction of sp³-hybridized carbons (Fsp3) is 0. The molecule has 0 aliphatic rings. The van der Waals surface area contributed by atoms with E-state index in [1.54, 1.807) is 0 Å². The molecule has 18 heavy (non-hydrogen) atoms. The van der Waals surface area contributed by atoms with Crippen molar-refractivity contribution in [2.75, 3.05) is 0 Å². The fourth-order valence-electron chi connectivity index (χ4n) is 1.28. The number of aromatic carboxylic acids is 1. The predicted octanol–water partition coefficient (Wildman–Crippen LogP) is 1.40. The lowest BCUT2D eigenvalue weighted by Gasteiger charge is -2.07. The van der Waals surface area contributed by atoms with Crippen LogP contribution in [-0.4, -0.2) is 21.0 Å². The molecule has 92 valence electrons. The number of hydrogen-bond acceptors (Lipinski definition) is 4. The SMILES string of the molecule is O=C(O)c1cc(F)ccc1Oc1cc(=O)[nH]cn1. The van der Waals surface area contributed by atoms with Gasteiger partial charge in [-0.2, -0.15) is 0 Å². The van der Waals surface area contributed by atoms with Gasteiger partial charge in [-0.15, -0.1) is 0 Å². The monoisotopic (exact) mass is 250 g/mol. The number of nitrogens with zero attached hydrogens (tertiary/aromatic N) is 1. The molecule has 2 N–H and O–H groups in total. The van der Waals surface area contributed by atoms with Crippen molar-refractivity contribution in [1.82, 2.24) is 9.97 Å². The predicted molar refractivity (Wildman–Crippen MR) is 58.3 cm³/mol. The summed E-state index contributed by atoms with van der Waals surface area (Å²) in [6.07, 6.45) is 1.11. The van der Waals surface area contributed by atoms with Crippen LogP contribution in [-0.2, 0) is 0 Å². The van der Waals surface area contributed by atoms with Crippen molar-refractivity contribution in [2.24, 2.45) is 0 Å². The average molecular weight is 250 g/mol. The van der Waals surface area contributed by atoms with Gasteiger partial charge in [-0.3, -0.25) is 4.79 Å². The Hall–Kier alpha value is -2.70. The highest BCUT2D eigenvalue weighted by Crippen LogP contribution is 2.24. The Morgan fingerprint density at radius 3 is 2.83 bits per heavy atom. The van der Waals surface area contributed by atoms with Crippen molar-refractivity contribution in [3.63, 3.8) is 0 Å². The number of aromatic nitrogens is 2. The largest absolute Gasteiger partial charge is 0.478 e. The third-order valence-electron chi connectivity index (χ3n) is 2.04. The summed E-state index contributed by atoms with van der Waals surface area (Å²) >= 11 is 0. The van der Waals surface area contributed by atoms with Crippen molar-refractivity contribution in [2.45, 2.75) is 0 Å². The van der Waals surface area contributed by atoms with E-state index in [9.17, 15) is 14.0 Å². The summed E-state index contributed by atoms with van der Waals surface area (Å²) in [5.41, 5.74) is -0.795. The molecule has 7 heteroatoms. The Balaban J connectivity index is 2.40. The molecular formula is C11H7FN2O4. The minimum Gasteiger partial charge on any atom is -0.478 e. The number of hydrogen-bond donors (Lipinski definition) is 2. The second-order valence-corrected chi connectivity index (χ2v) is 3.30. The Bertz CT molecular complexity index is 653. The van der Waals surface area contributed by atoms with Gasteiger partial charge in [0.15, 0.2) is 0 Å². The topological polar surface area (TPSA) is 92.3 Å². The van der Waals surface area contributed by atoms with Crippen LogP contribution in [0.3, 0.4) is 0 Å². The van der Waals surface area contributed by atoms with E-state index >= 15 is 0 Å². The molecule has 0 saturated heterocycles. The quantitative estimate of drug-likeness (QED) is 0.858. The molecule has 0 aliphatic heterocycles. The van der Waals surface area contributed by atoms with Crippen molar-refractivity contribution in [3.8, 4) is 11.6 Å². The number of aromatic amines is 1. The maximum atomic E-state index is 12.9. The first-order valence-corrected chi connectivity index (χ1v) is 4.81. The van der Waals surface area contributed by atoms with E-state index in [0.29, 0.717) is 0 Å². The zero-order chi connectivity index (χ0) is 13.1. The van der Waals surface area contributed by atoms with E-state index in [1.165, 1.54) is 0 Å². The Morgan fingerprint density at radius 2 is 2.17 bits per heavy atom. The maximum absolute atomic E-state index is 12.9. The molecule has 2 aromatic rings. The van der Waals surface area contributed by atoms with E-state index in [1.807, 2.05) is 0 Å². The summed E-state index contributed by atoms with van der Waals surface area (Å²) in [4.78, 5) is 27.9. The average Bonchev–Trinajstić information content (AvgIpc) is 2.31. The van der Waals surface area contributed by atoms with Crippen LogP contribution in [0, 0.1) is 5.82 Å². The first-order valence-electron chi connectivity index (χ1n) is 4.81. The van der Waals surface area contributed by atoms with Gasteiger partial charge in [-0.25, -0.2) is 14.2 Å². The zero-order valence-corrected chi connectivity index (χ0v) is 8.88. The van der Waals surface area contributed by atoms with Crippen LogP contribution in [0.2, 0.25) is 0 Å². The molecule has 0 fully saturated rings. The van der Waals surface area contributed by atoms with Crippen LogP contribution < -0.4 is 10.3 Å². The number of ether oxygens (including phenoxy) is 1. The second-order valence-electron chi connectivity index (χ2n) is 3.30. The maximum Gasteiger partial charge on any atom is 0.339 e. The number of carboxylic acids is 1. The first kappa shape index (κ1) is 11.8. The van der Waals surface area contributed by atoms with Gasteiger partial charge in [0.25, 0.3) is 5.56 Å². The highest BCUT2D eigenvalue weighted by Gasteiger charge is 2.13. The fourth-order valence-corrected chi connectivity index (χ4v) is 1.28. The summed E-state index contributed by atoms with van der Waals surface area (Å²) in [6, 6.07) is 4.08. The number of carboxylic acid groups (broad SMARTS) is 1. The minimum absolute atomic E-state index is 0.0761. The summed E-state index contributed by atoms with van der Waals surface area (Å²) in [7, 11) is 0. The van der Waals surface area contributed by atoms with Crippen LogP contribution in [0.4, 0.5) is 4.39 Å². The second kappa shape index (κ2) is 4.66. The number of rotatable bonds is 3. The summed E-state index contributed by atoms with van der Waals surface area (Å²) in [5.74, 6) is -2.21. The first-order chi connectivity index (χ1) is 8.56. The minimum atomic E-state index is -1.34.